The minimum absolute atomic E-state index is 0.225. The summed E-state index contributed by atoms with van der Waals surface area (Å²) < 4.78 is 7.47. The lowest BCUT2D eigenvalue weighted by molar-refractivity contribution is 0.0293. The normalized spacial score (nSPS) is 18.5. The number of hydrogen-bond donors (Lipinski definition) is 1. The molecule has 1 atom stereocenters. The van der Waals surface area contributed by atoms with Gasteiger partial charge in [-0.25, -0.2) is 4.79 Å². The Morgan fingerprint density at radius 3 is 2.45 bits per heavy atom. The fourth-order valence-corrected chi connectivity index (χ4v) is 4.06. The van der Waals surface area contributed by atoms with Gasteiger partial charge in [-0.1, -0.05) is 0 Å². The van der Waals surface area contributed by atoms with E-state index in [2.05, 4.69) is 56.2 Å². The van der Waals surface area contributed by atoms with Gasteiger partial charge in [0.15, 0.2) is 0 Å². The Hall–Kier alpha value is -0.750. The van der Waals surface area contributed by atoms with E-state index in [1.54, 1.807) is 4.90 Å². The number of likely N-dealkylation sites (tertiary alicyclic amines) is 1. The van der Waals surface area contributed by atoms with E-state index in [9.17, 15) is 4.79 Å². The number of carbonyl (C=O) groups excluding carboxylic acids is 1. The van der Waals surface area contributed by atoms with Crippen LogP contribution in [0.4, 0.5) is 10.5 Å². The van der Waals surface area contributed by atoms with Crippen molar-refractivity contribution >= 4 is 43.6 Å². The lowest BCUT2D eigenvalue weighted by atomic mass is 10.2. The molecule has 2 rings (SSSR count). The van der Waals surface area contributed by atoms with Crippen LogP contribution in [0.3, 0.4) is 0 Å². The van der Waals surface area contributed by atoms with Crippen LogP contribution in [0.1, 0.15) is 32.8 Å². The van der Waals surface area contributed by atoms with Crippen LogP contribution >= 0.6 is 31.9 Å². The van der Waals surface area contributed by atoms with Gasteiger partial charge in [0.2, 0.25) is 0 Å². The molecule has 122 valence electrons. The highest BCUT2D eigenvalue weighted by atomic mass is 79.9. The van der Waals surface area contributed by atoms with Gasteiger partial charge < -0.3 is 15.0 Å². The molecule has 1 aromatic carbocycles. The van der Waals surface area contributed by atoms with Crippen LogP contribution in [-0.2, 0) is 4.74 Å². The highest BCUT2D eigenvalue weighted by Crippen LogP contribution is 2.33. The summed E-state index contributed by atoms with van der Waals surface area (Å²) in [5, 5.41) is 3.51. The number of hydrogen-bond acceptors (Lipinski definition) is 3. The van der Waals surface area contributed by atoms with Crippen LogP contribution in [0, 0.1) is 6.92 Å². The quantitative estimate of drug-likeness (QED) is 0.717. The summed E-state index contributed by atoms with van der Waals surface area (Å²) in [5.74, 6) is 0. The molecule has 1 N–H and O–H groups in total. The van der Waals surface area contributed by atoms with Gasteiger partial charge in [-0.15, -0.1) is 0 Å². The molecule has 1 fully saturated rings. The fourth-order valence-electron chi connectivity index (χ4n) is 2.41. The van der Waals surface area contributed by atoms with Crippen LogP contribution in [0.2, 0.25) is 0 Å². The van der Waals surface area contributed by atoms with E-state index in [-0.39, 0.29) is 12.1 Å². The van der Waals surface area contributed by atoms with Gasteiger partial charge in [-0.2, -0.15) is 0 Å². The molecule has 0 aromatic heterocycles. The zero-order valence-corrected chi connectivity index (χ0v) is 16.5. The van der Waals surface area contributed by atoms with E-state index < -0.39 is 5.60 Å². The van der Waals surface area contributed by atoms with Crippen molar-refractivity contribution in [3.05, 3.63) is 26.6 Å². The molecule has 0 saturated carbocycles. The summed E-state index contributed by atoms with van der Waals surface area (Å²) >= 11 is 7.18. The smallest absolute Gasteiger partial charge is 0.410 e. The van der Waals surface area contributed by atoms with Crippen molar-refractivity contribution in [2.24, 2.45) is 0 Å². The number of amides is 1. The Labute approximate surface area is 148 Å². The van der Waals surface area contributed by atoms with Crippen molar-refractivity contribution < 1.29 is 9.53 Å². The second-order valence-corrected chi connectivity index (χ2v) is 8.37. The van der Waals surface area contributed by atoms with Crippen molar-refractivity contribution in [1.29, 1.82) is 0 Å². The van der Waals surface area contributed by atoms with Crippen molar-refractivity contribution in [3.8, 4) is 0 Å². The third kappa shape index (κ3) is 4.62. The first-order valence-corrected chi connectivity index (χ1v) is 8.94. The Morgan fingerprint density at radius 2 is 1.91 bits per heavy atom. The zero-order chi connectivity index (χ0) is 16.5. The SMILES string of the molecule is Cc1cc(Br)c(NC2CCN(C(=O)OC(C)(C)C)C2)c(Br)c1. The maximum absolute atomic E-state index is 12.1. The third-order valence-corrected chi connectivity index (χ3v) is 4.63. The van der Waals surface area contributed by atoms with Gasteiger partial charge in [0.25, 0.3) is 0 Å². The highest BCUT2D eigenvalue weighted by Gasteiger charge is 2.30. The average Bonchev–Trinajstić information content (AvgIpc) is 2.80. The molecule has 0 radical (unpaired) electrons. The lowest BCUT2D eigenvalue weighted by Gasteiger charge is -2.24. The average molecular weight is 434 g/mol. The first-order valence-electron chi connectivity index (χ1n) is 7.36. The summed E-state index contributed by atoms with van der Waals surface area (Å²) in [4.78, 5) is 13.9. The number of nitrogens with one attached hydrogen (secondary N) is 1. The second-order valence-electron chi connectivity index (χ2n) is 6.66. The molecule has 0 spiro atoms. The standard InChI is InChI=1S/C16H22Br2N2O2/c1-10-7-12(17)14(13(18)8-10)19-11-5-6-20(9-11)15(21)22-16(2,3)4/h7-8,11,19H,5-6,9H2,1-4H3. The van der Waals surface area contributed by atoms with Crippen molar-refractivity contribution in [3.63, 3.8) is 0 Å². The van der Waals surface area contributed by atoms with Crippen molar-refractivity contribution in [2.45, 2.75) is 45.8 Å². The Balaban J connectivity index is 1.99. The number of benzene rings is 1. The minimum Gasteiger partial charge on any atom is -0.444 e. The van der Waals surface area contributed by atoms with E-state index in [1.165, 1.54) is 5.56 Å². The number of nitrogens with zero attached hydrogens (tertiary/aromatic N) is 1. The van der Waals surface area contributed by atoms with E-state index in [1.807, 2.05) is 20.8 Å². The van der Waals surface area contributed by atoms with Gasteiger partial charge in [0, 0.05) is 28.1 Å². The molecule has 1 saturated heterocycles. The van der Waals surface area contributed by atoms with E-state index >= 15 is 0 Å². The lowest BCUT2D eigenvalue weighted by Crippen LogP contribution is -2.36. The molecular weight excluding hydrogens is 412 g/mol. The molecule has 1 amide bonds. The molecule has 1 aliphatic rings. The van der Waals surface area contributed by atoms with E-state index in [0.717, 1.165) is 21.1 Å². The van der Waals surface area contributed by atoms with E-state index in [0.29, 0.717) is 13.1 Å². The molecule has 1 unspecified atom stereocenters. The summed E-state index contributed by atoms with van der Waals surface area (Å²) in [7, 11) is 0. The van der Waals surface area contributed by atoms with Gasteiger partial charge in [-0.3, -0.25) is 0 Å². The predicted molar refractivity (Wildman–Crippen MR) is 96.4 cm³/mol. The molecule has 1 aromatic rings. The maximum atomic E-state index is 12.1. The fraction of sp³-hybridized carbons (Fsp3) is 0.562. The number of rotatable bonds is 2. The zero-order valence-electron chi connectivity index (χ0n) is 13.4. The van der Waals surface area contributed by atoms with Crippen molar-refractivity contribution in [1.82, 2.24) is 4.90 Å². The molecule has 4 nitrogen and oxygen atoms in total. The van der Waals surface area contributed by atoms with Gasteiger partial charge >= 0.3 is 6.09 Å². The molecule has 0 bridgehead atoms. The Bertz CT molecular complexity index is 547. The summed E-state index contributed by atoms with van der Waals surface area (Å²) in [6.07, 6.45) is 0.672. The highest BCUT2D eigenvalue weighted by molar-refractivity contribution is 9.11. The first kappa shape index (κ1) is 17.6. The Morgan fingerprint density at radius 1 is 1.32 bits per heavy atom. The summed E-state index contributed by atoms with van der Waals surface area (Å²) in [5.41, 5.74) is 1.76. The monoisotopic (exact) mass is 432 g/mol. The van der Waals surface area contributed by atoms with Crippen LogP contribution in [0.25, 0.3) is 0 Å². The number of carbonyl (C=O) groups is 1. The third-order valence-electron chi connectivity index (χ3n) is 3.37. The number of aryl methyl sites for hydroxylation is 1. The van der Waals surface area contributed by atoms with Crippen LogP contribution < -0.4 is 5.32 Å². The van der Waals surface area contributed by atoms with Gasteiger partial charge in [-0.05, 0) is 83.7 Å². The van der Waals surface area contributed by atoms with Gasteiger partial charge in [0.1, 0.15) is 5.60 Å². The maximum Gasteiger partial charge on any atom is 0.410 e. The second kappa shape index (κ2) is 6.79. The van der Waals surface area contributed by atoms with E-state index in [4.69, 9.17) is 4.74 Å². The molecule has 1 aliphatic heterocycles. The predicted octanol–water partition coefficient (Wildman–Crippen LogP) is 4.94. The topological polar surface area (TPSA) is 41.6 Å². The van der Waals surface area contributed by atoms with Crippen LogP contribution in [0.15, 0.2) is 21.1 Å². The molecule has 6 heteroatoms. The van der Waals surface area contributed by atoms with Crippen LogP contribution in [-0.4, -0.2) is 35.7 Å². The first-order chi connectivity index (χ1) is 10.2. The van der Waals surface area contributed by atoms with Crippen molar-refractivity contribution in [2.75, 3.05) is 18.4 Å². The number of anilines is 1. The summed E-state index contributed by atoms with van der Waals surface area (Å²) in [6, 6.07) is 4.38. The molecular formula is C16H22Br2N2O2. The number of halogens is 2. The van der Waals surface area contributed by atoms with Gasteiger partial charge in [0.05, 0.1) is 5.69 Å². The molecule has 1 heterocycles. The Kier molecular flexibility index (Phi) is 5.43. The van der Waals surface area contributed by atoms with Crippen LogP contribution in [0.5, 0.6) is 0 Å². The summed E-state index contributed by atoms with van der Waals surface area (Å²) in [6.45, 7) is 9.08. The minimum atomic E-state index is -0.453. The largest absolute Gasteiger partial charge is 0.444 e. The molecule has 0 aliphatic carbocycles. The number of ether oxygens (including phenoxy) is 1. The molecule has 22 heavy (non-hydrogen) atoms.